The van der Waals surface area contributed by atoms with Crippen molar-refractivity contribution in [2.75, 3.05) is 0 Å². The van der Waals surface area contributed by atoms with Crippen molar-refractivity contribution in [3.05, 3.63) is 22.9 Å². The highest BCUT2D eigenvalue weighted by atomic mass is 16.1. The van der Waals surface area contributed by atoms with Gasteiger partial charge in [-0.15, -0.1) is 0 Å². The van der Waals surface area contributed by atoms with Crippen LogP contribution in [0.2, 0.25) is 0 Å². The summed E-state index contributed by atoms with van der Waals surface area (Å²) in [7, 11) is 0. The zero-order chi connectivity index (χ0) is 9.30. The van der Waals surface area contributed by atoms with E-state index in [1.807, 2.05) is 19.9 Å². The van der Waals surface area contributed by atoms with Crippen molar-refractivity contribution in [1.29, 1.82) is 0 Å². The molecule has 0 atom stereocenters. The molecule has 0 aromatic rings. The molecule has 1 aliphatic heterocycles. The number of carbonyl (C=O) groups excluding carboxylic acids is 1. The van der Waals surface area contributed by atoms with Gasteiger partial charge in [0, 0.05) is 11.3 Å². The van der Waals surface area contributed by atoms with Crippen molar-refractivity contribution in [3.8, 4) is 0 Å². The predicted octanol–water partition coefficient (Wildman–Crippen LogP) is 1.99. The molecule has 0 bridgehead atoms. The number of nitrogens with one attached hydrogen (secondary N) is 1. The number of hydrogen-bond donors (Lipinski definition) is 1. The molecule has 1 N–H and O–H groups in total. The van der Waals surface area contributed by atoms with Crippen LogP contribution in [0.15, 0.2) is 22.9 Å². The van der Waals surface area contributed by atoms with E-state index < -0.39 is 0 Å². The van der Waals surface area contributed by atoms with E-state index in [9.17, 15) is 4.79 Å². The number of hydrogen-bond acceptors (Lipinski definition) is 1. The lowest BCUT2D eigenvalue weighted by molar-refractivity contribution is -0.116. The van der Waals surface area contributed by atoms with Gasteiger partial charge in [0.25, 0.3) is 5.91 Å². The molecular formula is C10H15NO. The topological polar surface area (TPSA) is 29.1 Å². The lowest BCUT2D eigenvalue weighted by atomic mass is 10.0. The highest BCUT2D eigenvalue weighted by molar-refractivity contribution is 6.02. The molecule has 66 valence electrons. The van der Waals surface area contributed by atoms with E-state index in [2.05, 4.69) is 19.2 Å². The fourth-order valence-electron chi connectivity index (χ4n) is 1.24. The van der Waals surface area contributed by atoms with Gasteiger partial charge < -0.3 is 5.32 Å². The summed E-state index contributed by atoms with van der Waals surface area (Å²) in [6.45, 7) is 8.04. The monoisotopic (exact) mass is 165 g/mol. The minimum Gasteiger partial charge on any atom is -0.326 e. The molecule has 1 rings (SSSR count). The molecule has 0 fully saturated rings. The molecule has 12 heavy (non-hydrogen) atoms. The van der Waals surface area contributed by atoms with Gasteiger partial charge in [-0.2, -0.15) is 0 Å². The summed E-state index contributed by atoms with van der Waals surface area (Å²) in [6.07, 6.45) is 2.00. The van der Waals surface area contributed by atoms with Crippen LogP contribution in [0.5, 0.6) is 0 Å². The smallest absolute Gasteiger partial charge is 0.255 e. The Bertz CT molecular complexity index is 272. The van der Waals surface area contributed by atoms with Crippen molar-refractivity contribution in [2.45, 2.75) is 27.7 Å². The van der Waals surface area contributed by atoms with E-state index in [4.69, 9.17) is 0 Å². The van der Waals surface area contributed by atoms with Gasteiger partial charge in [-0.05, 0) is 25.3 Å². The van der Waals surface area contributed by atoms with Crippen LogP contribution >= 0.6 is 0 Å². The minimum atomic E-state index is 0.0405. The Morgan fingerprint density at radius 3 is 2.25 bits per heavy atom. The standard InChI is InChI=1S/C10H15NO/c1-6(2)5-9-7(3)8(4)11-10(9)12/h5-6H,1-4H3,(H,11,12). The van der Waals surface area contributed by atoms with Gasteiger partial charge in [-0.1, -0.05) is 19.9 Å². The van der Waals surface area contributed by atoms with Crippen LogP contribution < -0.4 is 5.32 Å². The number of amides is 1. The Kier molecular flexibility index (Phi) is 2.36. The molecule has 2 nitrogen and oxygen atoms in total. The first-order valence-corrected chi connectivity index (χ1v) is 4.23. The summed E-state index contributed by atoms with van der Waals surface area (Å²) in [5, 5.41) is 2.79. The first-order valence-electron chi connectivity index (χ1n) is 4.23. The summed E-state index contributed by atoms with van der Waals surface area (Å²) >= 11 is 0. The van der Waals surface area contributed by atoms with E-state index in [0.717, 1.165) is 16.8 Å². The number of carbonyl (C=O) groups is 1. The molecule has 0 aliphatic carbocycles. The Hall–Kier alpha value is -1.05. The second kappa shape index (κ2) is 3.13. The molecule has 1 amide bonds. The maximum atomic E-state index is 11.3. The van der Waals surface area contributed by atoms with E-state index >= 15 is 0 Å². The molecule has 0 spiro atoms. The fourth-order valence-corrected chi connectivity index (χ4v) is 1.24. The first-order chi connectivity index (χ1) is 5.52. The summed E-state index contributed by atoms with van der Waals surface area (Å²) in [6, 6.07) is 0. The highest BCUT2D eigenvalue weighted by Crippen LogP contribution is 2.21. The average molecular weight is 165 g/mol. The Labute approximate surface area is 73.4 Å². The molecule has 0 aromatic heterocycles. The molecule has 1 heterocycles. The largest absolute Gasteiger partial charge is 0.326 e. The number of allylic oxidation sites excluding steroid dienone is 2. The van der Waals surface area contributed by atoms with Crippen molar-refractivity contribution >= 4 is 5.91 Å². The van der Waals surface area contributed by atoms with Crippen LogP contribution in [0.25, 0.3) is 0 Å². The van der Waals surface area contributed by atoms with Crippen LogP contribution in [0, 0.1) is 5.92 Å². The van der Waals surface area contributed by atoms with Crippen LogP contribution in [0.1, 0.15) is 27.7 Å². The van der Waals surface area contributed by atoms with Gasteiger partial charge in [0.15, 0.2) is 0 Å². The molecule has 2 heteroatoms. The van der Waals surface area contributed by atoms with Crippen molar-refractivity contribution in [3.63, 3.8) is 0 Å². The summed E-state index contributed by atoms with van der Waals surface area (Å²) in [4.78, 5) is 11.3. The zero-order valence-corrected chi connectivity index (χ0v) is 8.06. The molecule has 0 aromatic carbocycles. The second-order valence-electron chi connectivity index (χ2n) is 3.53. The van der Waals surface area contributed by atoms with Gasteiger partial charge >= 0.3 is 0 Å². The van der Waals surface area contributed by atoms with E-state index in [-0.39, 0.29) is 5.91 Å². The summed E-state index contributed by atoms with van der Waals surface area (Å²) < 4.78 is 0. The Morgan fingerprint density at radius 1 is 1.33 bits per heavy atom. The van der Waals surface area contributed by atoms with Gasteiger partial charge in [0.1, 0.15) is 0 Å². The normalized spacial score (nSPS) is 21.1. The third-order valence-corrected chi connectivity index (χ3v) is 2.01. The summed E-state index contributed by atoms with van der Waals surface area (Å²) in [5.74, 6) is 0.463. The molecule has 0 radical (unpaired) electrons. The average Bonchev–Trinajstić information content (AvgIpc) is 2.16. The maximum Gasteiger partial charge on any atom is 0.255 e. The van der Waals surface area contributed by atoms with Gasteiger partial charge in [0.05, 0.1) is 0 Å². The number of rotatable bonds is 1. The fraction of sp³-hybridized carbons (Fsp3) is 0.500. The summed E-state index contributed by atoms with van der Waals surface area (Å²) in [5.41, 5.74) is 2.89. The highest BCUT2D eigenvalue weighted by Gasteiger charge is 2.20. The van der Waals surface area contributed by atoms with Crippen LogP contribution in [-0.4, -0.2) is 5.91 Å². The van der Waals surface area contributed by atoms with Crippen molar-refractivity contribution in [2.24, 2.45) is 5.92 Å². The Balaban J connectivity index is 2.98. The molecular weight excluding hydrogens is 150 g/mol. The van der Waals surface area contributed by atoms with Gasteiger partial charge in [0.2, 0.25) is 0 Å². The molecule has 0 unspecified atom stereocenters. The van der Waals surface area contributed by atoms with Crippen molar-refractivity contribution in [1.82, 2.24) is 5.32 Å². The lowest BCUT2D eigenvalue weighted by Crippen LogP contribution is -2.15. The van der Waals surface area contributed by atoms with Crippen molar-refractivity contribution < 1.29 is 4.79 Å². The van der Waals surface area contributed by atoms with E-state index in [1.165, 1.54) is 0 Å². The minimum absolute atomic E-state index is 0.0405. The Morgan fingerprint density at radius 2 is 1.92 bits per heavy atom. The van der Waals surface area contributed by atoms with Crippen LogP contribution in [0.3, 0.4) is 0 Å². The molecule has 0 saturated carbocycles. The van der Waals surface area contributed by atoms with Gasteiger partial charge in [-0.25, -0.2) is 0 Å². The molecule has 0 saturated heterocycles. The van der Waals surface area contributed by atoms with Gasteiger partial charge in [-0.3, -0.25) is 4.79 Å². The SMILES string of the molecule is CC1=C(C)C(=CC(C)C)C(=O)N1. The van der Waals surface area contributed by atoms with E-state index in [0.29, 0.717) is 5.92 Å². The predicted molar refractivity (Wildman–Crippen MR) is 49.4 cm³/mol. The maximum absolute atomic E-state index is 11.3. The quantitative estimate of drug-likeness (QED) is 0.591. The first kappa shape index (κ1) is 9.04. The third kappa shape index (κ3) is 1.58. The zero-order valence-electron chi connectivity index (χ0n) is 8.06. The molecule has 1 aliphatic rings. The lowest BCUT2D eigenvalue weighted by Gasteiger charge is -1.99. The second-order valence-corrected chi connectivity index (χ2v) is 3.53. The van der Waals surface area contributed by atoms with Crippen LogP contribution in [-0.2, 0) is 4.79 Å². The van der Waals surface area contributed by atoms with E-state index in [1.54, 1.807) is 0 Å². The van der Waals surface area contributed by atoms with Crippen LogP contribution in [0.4, 0.5) is 0 Å². The third-order valence-electron chi connectivity index (χ3n) is 2.01.